The first-order valence-corrected chi connectivity index (χ1v) is 8.81. The predicted molar refractivity (Wildman–Crippen MR) is 97.1 cm³/mol. The Labute approximate surface area is 149 Å². The van der Waals surface area contributed by atoms with Crippen LogP contribution in [0.15, 0.2) is 18.2 Å². The number of amides is 1. The third-order valence-electron chi connectivity index (χ3n) is 3.53. The van der Waals surface area contributed by atoms with Crippen molar-refractivity contribution in [3.05, 3.63) is 29.3 Å². The lowest BCUT2D eigenvalue weighted by Crippen LogP contribution is -2.36. The molecular weight excluding hydrogens is 330 g/mol. The fourth-order valence-corrected chi connectivity index (χ4v) is 2.55. The number of hydrogen-bond donors (Lipinski definition) is 0. The van der Waals surface area contributed by atoms with Crippen LogP contribution in [0.2, 0.25) is 0 Å². The van der Waals surface area contributed by atoms with Gasteiger partial charge in [-0.1, -0.05) is 18.2 Å². The van der Waals surface area contributed by atoms with E-state index in [1.54, 1.807) is 4.90 Å². The molecule has 0 unspecified atom stereocenters. The summed E-state index contributed by atoms with van der Waals surface area (Å²) in [4.78, 5) is 13.9. The van der Waals surface area contributed by atoms with Gasteiger partial charge in [0, 0.05) is 18.8 Å². The average Bonchev–Trinajstić information content (AvgIpc) is 2.57. The Morgan fingerprint density at radius 3 is 2.08 bits per heavy atom. The van der Waals surface area contributed by atoms with Gasteiger partial charge in [0.2, 0.25) is 5.91 Å². The van der Waals surface area contributed by atoms with Gasteiger partial charge < -0.3 is 19.1 Å². The number of halogens is 1. The lowest BCUT2D eigenvalue weighted by molar-refractivity contribution is -0.116. The second kappa shape index (κ2) is 12.3. The highest BCUT2D eigenvalue weighted by molar-refractivity contribution is 6.29. The van der Waals surface area contributed by atoms with E-state index in [1.807, 2.05) is 39.0 Å². The van der Waals surface area contributed by atoms with Gasteiger partial charge in [0.25, 0.3) is 0 Å². The number of carbonyl (C=O) groups is 1. The Kier molecular flexibility index (Phi) is 10.7. The Morgan fingerprint density at radius 2 is 1.54 bits per heavy atom. The van der Waals surface area contributed by atoms with Crippen molar-refractivity contribution in [1.82, 2.24) is 0 Å². The predicted octanol–water partition coefficient (Wildman–Crippen LogP) is 2.94. The maximum absolute atomic E-state index is 12.2. The fraction of sp³-hybridized carbons (Fsp3) is 0.611. The van der Waals surface area contributed by atoms with Crippen molar-refractivity contribution in [2.75, 3.05) is 57.0 Å². The van der Waals surface area contributed by atoms with Crippen LogP contribution in [0.1, 0.15) is 18.1 Å². The van der Waals surface area contributed by atoms with E-state index >= 15 is 0 Å². The molecule has 0 heterocycles. The largest absolute Gasteiger partial charge is 0.379 e. The molecule has 136 valence electrons. The van der Waals surface area contributed by atoms with Gasteiger partial charge in [-0.3, -0.25) is 4.79 Å². The van der Waals surface area contributed by atoms with Crippen LogP contribution in [0.4, 0.5) is 5.69 Å². The first kappa shape index (κ1) is 20.9. The molecule has 1 rings (SSSR count). The highest BCUT2D eigenvalue weighted by atomic mass is 35.5. The normalized spacial score (nSPS) is 10.8. The molecule has 5 nitrogen and oxygen atoms in total. The Morgan fingerprint density at radius 1 is 1.00 bits per heavy atom. The van der Waals surface area contributed by atoms with E-state index in [0.717, 1.165) is 16.8 Å². The van der Waals surface area contributed by atoms with Gasteiger partial charge in [0.15, 0.2) is 0 Å². The molecule has 0 saturated carbocycles. The number of para-hydroxylation sites is 1. The fourth-order valence-electron chi connectivity index (χ4n) is 2.40. The van der Waals surface area contributed by atoms with Crippen molar-refractivity contribution < 1.29 is 19.0 Å². The Balaban J connectivity index is 2.42. The van der Waals surface area contributed by atoms with E-state index in [9.17, 15) is 4.79 Å². The quantitative estimate of drug-likeness (QED) is 0.426. The van der Waals surface area contributed by atoms with Crippen molar-refractivity contribution in [3.8, 4) is 0 Å². The molecule has 1 aromatic carbocycles. The van der Waals surface area contributed by atoms with Crippen molar-refractivity contribution in [3.63, 3.8) is 0 Å². The molecule has 1 amide bonds. The summed E-state index contributed by atoms with van der Waals surface area (Å²) in [5.74, 6) is -0.167. The molecule has 0 saturated heterocycles. The zero-order valence-corrected chi connectivity index (χ0v) is 15.6. The van der Waals surface area contributed by atoms with E-state index in [2.05, 4.69) is 0 Å². The standard InChI is InChI=1S/C18H28ClNO4/c1-4-22-10-11-24-13-12-23-9-8-20(17(21)14-19)18-15(2)6-5-7-16(18)3/h5-7H,4,8-14H2,1-3H3. The van der Waals surface area contributed by atoms with Gasteiger partial charge in [-0.2, -0.15) is 0 Å². The highest BCUT2D eigenvalue weighted by Crippen LogP contribution is 2.24. The number of ether oxygens (including phenoxy) is 3. The molecule has 0 bridgehead atoms. The number of alkyl halides is 1. The summed E-state index contributed by atoms with van der Waals surface area (Å²) in [6.45, 7) is 9.70. The molecule has 1 aromatic rings. The van der Waals surface area contributed by atoms with E-state index in [0.29, 0.717) is 46.2 Å². The minimum absolute atomic E-state index is 0.0473. The summed E-state index contributed by atoms with van der Waals surface area (Å²) >= 11 is 5.76. The molecule has 0 fully saturated rings. The van der Waals surface area contributed by atoms with E-state index < -0.39 is 0 Å². The minimum Gasteiger partial charge on any atom is -0.379 e. The van der Waals surface area contributed by atoms with Gasteiger partial charge in [-0.05, 0) is 31.9 Å². The van der Waals surface area contributed by atoms with Crippen LogP contribution in [-0.2, 0) is 19.0 Å². The summed E-state index contributed by atoms with van der Waals surface area (Å²) < 4.78 is 16.1. The van der Waals surface area contributed by atoms with Crippen molar-refractivity contribution in [2.24, 2.45) is 0 Å². The molecule has 0 radical (unpaired) electrons. The SMILES string of the molecule is CCOCCOCCOCCN(C(=O)CCl)c1c(C)cccc1C. The molecule has 0 aromatic heterocycles. The maximum atomic E-state index is 12.2. The van der Waals surface area contributed by atoms with E-state index in [-0.39, 0.29) is 11.8 Å². The first-order valence-electron chi connectivity index (χ1n) is 8.27. The van der Waals surface area contributed by atoms with Gasteiger partial charge >= 0.3 is 0 Å². The first-order chi connectivity index (χ1) is 11.6. The molecular formula is C18H28ClNO4. The van der Waals surface area contributed by atoms with Crippen LogP contribution in [-0.4, -0.2) is 58.0 Å². The molecule has 0 aliphatic carbocycles. The second-order valence-corrected chi connectivity index (χ2v) is 5.61. The Bertz CT molecular complexity index is 476. The number of hydrogen-bond acceptors (Lipinski definition) is 4. The van der Waals surface area contributed by atoms with Crippen molar-refractivity contribution in [1.29, 1.82) is 0 Å². The van der Waals surface area contributed by atoms with Gasteiger partial charge in [0.05, 0.1) is 33.0 Å². The van der Waals surface area contributed by atoms with Gasteiger partial charge in [0.1, 0.15) is 5.88 Å². The second-order valence-electron chi connectivity index (χ2n) is 5.34. The topological polar surface area (TPSA) is 48.0 Å². The molecule has 0 spiro atoms. The molecule has 24 heavy (non-hydrogen) atoms. The van der Waals surface area contributed by atoms with Crippen LogP contribution in [0.3, 0.4) is 0 Å². The number of benzene rings is 1. The number of nitrogens with zero attached hydrogens (tertiary/aromatic N) is 1. The van der Waals surface area contributed by atoms with Crippen molar-refractivity contribution in [2.45, 2.75) is 20.8 Å². The summed E-state index contributed by atoms with van der Waals surface area (Å²) in [6.07, 6.45) is 0. The molecule has 0 aliphatic heterocycles. The summed E-state index contributed by atoms with van der Waals surface area (Å²) in [7, 11) is 0. The lowest BCUT2D eigenvalue weighted by atomic mass is 10.1. The third kappa shape index (κ3) is 7.18. The lowest BCUT2D eigenvalue weighted by Gasteiger charge is -2.25. The summed E-state index contributed by atoms with van der Waals surface area (Å²) in [6, 6.07) is 5.96. The van der Waals surface area contributed by atoms with Gasteiger partial charge in [-0.15, -0.1) is 11.6 Å². The summed E-state index contributed by atoms with van der Waals surface area (Å²) in [5, 5.41) is 0. The molecule has 0 aliphatic rings. The van der Waals surface area contributed by atoms with Crippen LogP contribution < -0.4 is 4.90 Å². The highest BCUT2D eigenvalue weighted by Gasteiger charge is 2.18. The minimum atomic E-state index is -0.120. The van der Waals surface area contributed by atoms with Crippen LogP contribution >= 0.6 is 11.6 Å². The third-order valence-corrected chi connectivity index (χ3v) is 3.76. The van der Waals surface area contributed by atoms with Crippen molar-refractivity contribution >= 4 is 23.2 Å². The van der Waals surface area contributed by atoms with E-state index in [1.165, 1.54) is 0 Å². The molecule has 6 heteroatoms. The maximum Gasteiger partial charge on any atom is 0.242 e. The van der Waals surface area contributed by atoms with Gasteiger partial charge in [-0.25, -0.2) is 0 Å². The van der Waals surface area contributed by atoms with Crippen LogP contribution in [0.25, 0.3) is 0 Å². The van der Waals surface area contributed by atoms with Crippen LogP contribution in [0, 0.1) is 13.8 Å². The number of anilines is 1. The van der Waals surface area contributed by atoms with Crippen LogP contribution in [0.5, 0.6) is 0 Å². The Hall–Kier alpha value is -1.14. The average molecular weight is 358 g/mol. The number of carbonyl (C=O) groups excluding carboxylic acids is 1. The number of aryl methyl sites for hydroxylation is 2. The molecule has 0 N–H and O–H groups in total. The number of rotatable bonds is 12. The van der Waals surface area contributed by atoms with E-state index in [4.69, 9.17) is 25.8 Å². The smallest absolute Gasteiger partial charge is 0.242 e. The summed E-state index contributed by atoms with van der Waals surface area (Å²) in [5.41, 5.74) is 3.01. The zero-order valence-electron chi connectivity index (χ0n) is 14.8. The monoisotopic (exact) mass is 357 g/mol. The zero-order chi connectivity index (χ0) is 17.8. The molecule has 0 atom stereocenters.